The predicted octanol–water partition coefficient (Wildman–Crippen LogP) is 3.98. The second-order valence-electron chi connectivity index (χ2n) is 9.49. The van der Waals surface area contributed by atoms with Crippen molar-refractivity contribution < 1.29 is 4.74 Å². The van der Waals surface area contributed by atoms with Crippen LogP contribution in [0.2, 0.25) is 0 Å². The van der Waals surface area contributed by atoms with Crippen molar-refractivity contribution in [3.63, 3.8) is 0 Å². The zero-order valence-electron chi connectivity index (χ0n) is 16.5. The molecule has 2 aliphatic heterocycles. The first-order valence-electron chi connectivity index (χ1n) is 10.8. The minimum atomic E-state index is 0.378. The van der Waals surface area contributed by atoms with E-state index in [1.54, 1.807) is 5.56 Å². The van der Waals surface area contributed by atoms with Crippen molar-refractivity contribution in [1.82, 2.24) is 4.90 Å². The molecule has 1 unspecified atom stereocenters. The molecule has 1 saturated heterocycles. The zero-order chi connectivity index (χ0) is 17.7. The van der Waals surface area contributed by atoms with Crippen LogP contribution in [0.5, 0.6) is 0 Å². The molecule has 3 fully saturated rings. The van der Waals surface area contributed by atoms with E-state index < -0.39 is 0 Å². The fourth-order valence-electron chi connectivity index (χ4n) is 6.66. The summed E-state index contributed by atoms with van der Waals surface area (Å²) in [6, 6.07) is 8.03. The van der Waals surface area contributed by atoms with E-state index in [4.69, 9.17) is 4.74 Å². The minimum absolute atomic E-state index is 0.378. The summed E-state index contributed by atoms with van der Waals surface area (Å²) in [4.78, 5) is 5.47. The van der Waals surface area contributed by atoms with Crippen LogP contribution in [0.4, 0.5) is 5.69 Å². The predicted molar refractivity (Wildman–Crippen MR) is 107 cm³/mol. The largest absolute Gasteiger partial charge is 0.383 e. The number of aryl methyl sites for hydroxylation is 1. The van der Waals surface area contributed by atoms with Gasteiger partial charge in [0.15, 0.2) is 0 Å². The van der Waals surface area contributed by atoms with Gasteiger partial charge in [0.2, 0.25) is 0 Å². The summed E-state index contributed by atoms with van der Waals surface area (Å²) in [5, 5.41) is 0. The molecule has 1 spiro atoms. The Morgan fingerprint density at radius 2 is 2.00 bits per heavy atom. The first-order chi connectivity index (χ1) is 12.7. The van der Waals surface area contributed by atoms with Crippen LogP contribution in [-0.2, 0) is 10.2 Å². The molecule has 26 heavy (non-hydrogen) atoms. The Balaban J connectivity index is 1.34. The van der Waals surface area contributed by atoms with Crippen molar-refractivity contribution in [2.24, 2.45) is 11.8 Å². The van der Waals surface area contributed by atoms with Gasteiger partial charge in [0.05, 0.1) is 6.61 Å². The molecule has 0 amide bonds. The number of methoxy groups -OCH3 is 1. The fraction of sp³-hybridized carbons (Fsp3) is 0.739. The number of nitrogens with zero attached hydrogens (tertiary/aromatic N) is 2. The monoisotopic (exact) mass is 354 g/mol. The van der Waals surface area contributed by atoms with E-state index in [-0.39, 0.29) is 0 Å². The normalized spacial score (nSPS) is 32.5. The number of piperidine rings is 1. The summed E-state index contributed by atoms with van der Waals surface area (Å²) in [7, 11) is 1.82. The lowest BCUT2D eigenvalue weighted by Crippen LogP contribution is -2.50. The summed E-state index contributed by atoms with van der Waals surface area (Å²) < 4.78 is 5.38. The lowest BCUT2D eigenvalue weighted by atomic mass is 9.73. The molecule has 0 radical (unpaired) electrons. The van der Waals surface area contributed by atoms with Crippen molar-refractivity contribution in [3.05, 3.63) is 29.3 Å². The fourth-order valence-corrected chi connectivity index (χ4v) is 6.66. The van der Waals surface area contributed by atoms with E-state index in [0.717, 1.165) is 31.0 Å². The van der Waals surface area contributed by atoms with Gasteiger partial charge in [-0.25, -0.2) is 0 Å². The van der Waals surface area contributed by atoms with Gasteiger partial charge in [0.1, 0.15) is 0 Å². The number of fused-ring (bicyclic) bond motifs is 4. The average molecular weight is 355 g/mol. The van der Waals surface area contributed by atoms with Crippen LogP contribution in [0.15, 0.2) is 18.2 Å². The Hall–Kier alpha value is -1.06. The first-order valence-corrected chi connectivity index (χ1v) is 10.8. The summed E-state index contributed by atoms with van der Waals surface area (Å²) in [6.45, 7) is 7.89. The second kappa shape index (κ2) is 6.53. The average Bonchev–Trinajstić information content (AvgIpc) is 3.35. The van der Waals surface area contributed by atoms with Crippen LogP contribution >= 0.6 is 0 Å². The maximum absolute atomic E-state index is 5.38. The molecule has 2 bridgehead atoms. The summed E-state index contributed by atoms with van der Waals surface area (Å²) in [5.41, 5.74) is 4.89. The smallest absolute Gasteiger partial charge is 0.0637 e. The molecule has 3 atom stereocenters. The van der Waals surface area contributed by atoms with Gasteiger partial charge in [-0.3, -0.25) is 0 Å². The maximum Gasteiger partial charge on any atom is 0.0637 e. The number of rotatable bonds is 4. The number of hydrogen-bond acceptors (Lipinski definition) is 3. The van der Waals surface area contributed by atoms with Crippen LogP contribution in [-0.4, -0.2) is 50.8 Å². The molecule has 142 valence electrons. The van der Waals surface area contributed by atoms with Crippen LogP contribution in [0, 0.1) is 18.8 Å². The van der Waals surface area contributed by atoms with E-state index in [9.17, 15) is 0 Å². The van der Waals surface area contributed by atoms with Crippen LogP contribution in [0.3, 0.4) is 0 Å². The molecule has 1 aromatic carbocycles. The molecule has 3 heteroatoms. The van der Waals surface area contributed by atoms with Crippen molar-refractivity contribution in [3.8, 4) is 0 Å². The van der Waals surface area contributed by atoms with E-state index in [1.807, 2.05) is 7.11 Å². The third kappa shape index (κ3) is 2.70. The molecule has 1 aromatic rings. The van der Waals surface area contributed by atoms with Crippen LogP contribution in [0.25, 0.3) is 0 Å². The molecule has 2 saturated carbocycles. The molecule has 2 heterocycles. The molecule has 0 N–H and O–H groups in total. The number of hydrogen-bond donors (Lipinski definition) is 0. The van der Waals surface area contributed by atoms with Crippen LogP contribution in [0.1, 0.15) is 49.7 Å². The molecule has 2 aliphatic carbocycles. The van der Waals surface area contributed by atoms with Gasteiger partial charge in [-0.1, -0.05) is 24.1 Å². The molecule has 0 aromatic heterocycles. The number of benzene rings is 1. The van der Waals surface area contributed by atoms with Gasteiger partial charge in [-0.2, -0.15) is 0 Å². The highest BCUT2D eigenvalue weighted by molar-refractivity contribution is 5.64. The summed E-state index contributed by atoms with van der Waals surface area (Å²) >= 11 is 0. The van der Waals surface area contributed by atoms with Crippen molar-refractivity contribution >= 4 is 5.69 Å². The quantitative estimate of drug-likeness (QED) is 0.813. The minimum Gasteiger partial charge on any atom is -0.383 e. The van der Waals surface area contributed by atoms with Crippen molar-refractivity contribution in [1.29, 1.82) is 0 Å². The molecular weight excluding hydrogens is 320 g/mol. The van der Waals surface area contributed by atoms with Crippen LogP contribution < -0.4 is 4.90 Å². The molecule has 4 aliphatic rings. The van der Waals surface area contributed by atoms with Gasteiger partial charge in [0.25, 0.3) is 0 Å². The van der Waals surface area contributed by atoms with Gasteiger partial charge in [-0.15, -0.1) is 0 Å². The third-order valence-electron chi connectivity index (χ3n) is 8.05. The van der Waals surface area contributed by atoms with E-state index >= 15 is 0 Å². The Bertz CT molecular complexity index is 664. The maximum atomic E-state index is 5.38. The third-order valence-corrected chi connectivity index (χ3v) is 8.05. The molecule has 3 nitrogen and oxygen atoms in total. The SMILES string of the molecule is COCCN1CC2(CCN([C@@H]3C[C@H]4CCC3C4)CC2)c2cc(C)ccc21. The Kier molecular flexibility index (Phi) is 4.28. The van der Waals surface area contributed by atoms with Crippen molar-refractivity contribution in [2.45, 2.75) is 56.9 Å². The van der Waals surface area contributed by atoms with Gasteiger partial charge in [-0.05, 0) is 75.6 Å². The van der Waals surface area contributed by atoms with E-state index in [1.165, 1.54) is 69.4 Å². The Morgan fingerprint density at radius 1 is 1.15 bits per heavy atom. The highest BCUT2D eigenvalue weighted by atomic mass is 16.5. The summed E-state index contributed by atoms with van der Waals surface area (Å²) in [6.07, 6.45) is 8.71. The Morgan fingerprint density at radius 3 is 2.69 bits per heavy atom. The highest BCUT2D eigenvalue weighted by Crippen LogP contribution is 2.51. The molecular formula is C23H34N2O. The zero-order valence-corrected chi connectivity index (χ0v) is 16.5. The topological polar surface area (TPSA) is 15.7 Å². The van der Waals surface area contributed by atoms with Gasteiger partial charge in [0, 0.05) is 37.3 Å². The number of likely N-dealkylation sites (tertiary alicyclic amines) is 1. The number of anilines is 1. The second-order valence-corrected chi connectivity index (χ2v) is 9.49. The van der Waals surface area contributed by atoms with E-state index in [2.05, 4.69) is 34.9 Å². The number of ether oxygens (including phenoxy) is 1. The standard InChI is InChI=1S/C23H34N2O/c1-17-3-6-21-20(13-17)23(16-25(21)11-12-26-2)7-9-24(10-8-23)22-15-18-4-5-19(22)14-18/h3,6,13,18-19,22H,4-5,7-12,14-16H2,1-2H3/t18-,19?,22+/m0/s1. The summed E-state index contributed by atoms with van der Waals surface area (Å²) in [5.74, 6) is 2.07. The lowest BCUT2D eigenvalue weighted by Gasteiger charge is -2.44. The Labute approximate surface area is 158 Å². The molecule has 5 rings (SSSR count). The van der Waals surface area contributed by atoms with E-state index in [0.29, 0.717) is 5.41 Å². The van der Waals surface area contributed by atoms with Gasteiger partial charge >= 0.3 is 0 Å². The lowest BCUT2D eigenvalue weighted by molar-refractivity contribution is 0.0872. The highest BCUT2D eigenvalue weighted by Gasteiger charge is 2.48. The van der Waals surface area contributed by atoms with Crippen molar-refractivity contribution in [2.75, 3.05) is 44.8 Å². The van der Waals surface area contributed by atoms with Gasteiger partial charge < -0.3 is 14.5 Å². The first kappa shape index (κ1) is 17.1.